The molecule has 0 aliphatic rings. The van der Waals surface area contributed by atoms with Crippen LogP contribution in [-0.2, 0) is 9.59 Å². The van der Waals surface area contributed by atoms with Crippen molar-refractivity contribution < 1.29 is 14.3 Å². The van der Waals surface area contributed by atoms with Crippen LogP contribution < -0.4 is 15.4 Å². The highest BCUT2D eigenvalue weighted by atomic mass is 16.5. The van der Waals surface area contributed by atoms with Gasteiger partial charge in [0.2, 0.25) is 11.8 Å². The van der Waals surface area contributed by atoms with Crippen LogP contribution in [0.3, 0.4) is 0 Å². The number of carbonyl (C=O) groups excluding carboxylic acids is 2. The van der Waals surface area contributed by atoms with Crippen LogP contribution in [0.15, 0.2) is 54.6 Å². The van der Waals surface area contributed by atoms with Crippen molar-refractivity contribution in [3.63, 3.8) is 0 Å². The normalized spacial score (nSPS) is 11.9. The van der Waals surface area contributed by atoms with Gasteiger partial charge in [0, 0.05) is 11.8 Å². The summed E-state index contributed by atoms with van der Waals surface area (Å²) < 4.78 is 5.16. The van der Waals surface area contributed by atoms with Crippen molar-refractivity contribution in [3.05, 3.63) is 60.2 Å². The molecule has 2 amide bonds. The van der Waals surface area contributed by atoms with Gasteiger partial charge in [0.25, 0.3) is 0 Å². The first kappa shape index (κ1) is 22.4. The summed E-state index contributed by atoms with van der Waals surface area (Å²) in [5.74, 6) is 0.839. The largest absolute Gasteiger partial charge is 0.497 e. The van der Waals surface area contributed by atoms with Crippen LogP contribution in [0.4, 0.5) is 5.69 Å². The predicted molar refractivity (Wildman–Crippen MR) is 116 cm³/mol. The number of carbonyl (C=O) groups is 2. The van der Waals surface area contributed by atoms with Crippen LogP contribution in [0, 0.1) is 5.92 Å². The third kappa shape index (κ3) is 7.95. The number of rotatable bonds is 10. The Bertz CT molecular complexity index is 793. The average Bonchev–Trinajstić information content (AvgIpc) is 2.67. The zero-order chi connectivity index (χ0) is 21.2. The molecule has 0 unspecified atom stereocenters. The minimum Gasteiger partial charge on any atom is -0.497 e. The summed E-state index contributed by atoms with van der Waals surface area (Å²) >= 11 is 0. The van der Waals surface area contributed by atoms with E-state index >= 15 is 0 Å². The van der Waals surface area contributed by atoms with Crippen LogP contribution in [0.5, 0.6) is 5.75 Å². The van der Waals surface area contributed by atoms with Gasteiger partial charge >= 0.3 is 0 Å². The maximum atomic E-state index is 12.5. The molecule has 156 valence electrons. The molecular formula is C23H31N3O3. The van der Waals surface area contributed by atoms with E-state index < -0.39 is 0 Å². The van der Waals surface area contributed by atoms with E-state index in [0.717, 1.165) is 12.0 Å². The maximum Gasteiger partial charge on any atom is 0.238 e. The summed E-state index contributed by atoms with van der Waals surface area (Å²) in [6.07, 6.45) is 0.857. The molecule has 0 spiro atoms. The number of likely N-dealkylation sites (N-methyl/N-ethyl adjacent to an activating group) is 1. The van der Waals surface area contributed by atoms with Crippen LogP contribution >= 0.6 is 0 Å². The predicted octanol–water partition coefficient (Wildman–Crippen LogP) is 3.47. The summed E-state index contributed by atoms with van der Waals surface area (Å²) in [7, 11) is 3.33. The molecule has 0 aromatic heterocycles. The maximum absolute atomic E-state index is 12.5. The monoisotopic (exact) mass is 397 g/mol. The lowest BCUT2D eigenvalue weighted by Gasteiger charge is -2.23. The molecule has 2 rings (SSSR count). The van der Waals surface area contributed by atoms with E-state index in [1.807, 2.05) is 42.5 Å². The van der Waals surface area contributed by atoms with Crippen molar-refractivity contribution in [1.29, 1.82) is 0 Å². The fraction of sp³-hybridized carbons (Fsp3) is 0.391. The second-order valence-corrected chi connectivity index (χ2v) is 7.61. The number of nitrogens with zero attached hydrogens (tertiary/aromatic N) is 1. The van der Waals surface area contributed by atoms with Gasteiger partial charge in [-0.15, -0.1) is 0 Å². The summed E-state index contributed by atoms with van der Waals surface area (Å²) in [6, 6.07) is 17.1. The van der Waals surface area contributed by atoms with Crippen LogP contribution in [0.1, 0.15) is 31.9 Å². The van der Waals surface area contributed by atoms with Crippen molar-refractivity contribution in [3.8, 4) is 5.75 Å². The zero-order valence-electron chi connectivity index (χ0n) is 17.6. The molecule has 29 heavy (non-hydrogen) atoms. The molecule has 2 aromatic carbocycles. The molecule has 0 fully saturated rings. The second kappa shape index (κ2) is 11.2. The topological polar surface area (TPSA) is 70.7 Å². The van der Waals surface area contributed by atoms with Crippen molar-refractivity contribution in [2.24, 2.45) is 5.92 Å². The molecule has 6 nitrogen and oxygen atoms in total. The molecule has 0 aliphatic heterocycles. The molecule has 0 radical (unpaired) electrons. The Hall–Kier alpha value is -2.86. The highest BCUT2D eigenvalue weighted by molar-refractivity contribution is 5.92. The van der Waals surface area contributed by atoms with Crippen molar-refractivity contribution in [1.82, 2.24) is 10.2 Å². The first-order valence-electron chi connectivity index (χ1n) is 9.84. The van der Waals surface area contributed by atoms with Gasteiger partial charge in [0.1, 0.15) is 5.75 Å². The number of methoxy groups -OCH3 is 1. The van der Waals surface area contributed by atoms with Crippen molar-refractivity contribution in [2.45, 2.75) is 26.3 Å². The number of benzene rings is 2. The number of nitrogens with one attached hydrogen (secondary N) is 2. The number of anilines is 1. The van der Waals surface area contributed by atoms with Crippen molar-refractivity contribution in [2.75, 3.05) is 32.6 Å². The Morgan fingerprint density at radius 1 is 1.00 bits per heavy atom. The van der Waals surface area contributed by atoms with E-state index in [-0.39, 0.29) is 30.9 Å². The third-order valence-corrected chi connectivity index (χ3v) is 4.42. The zero-order valence-corrected chi connectivity index (χ0v) is 17.6. The van der Waals surface area contributed by atoms with E-state index in [1.54, 1.807) is 31.2 Å². The van der Waals surface area contributed by atoms with Crippen LogP contribution in [0.2, 0.25) is 0 Å². The van der Waals surface area contributed by atoms with Gasteiger partial charge in [-0.1, -0.05) is 50.2 Å². The number of hydrogen-bond acceptors (Lipinski definition) is 4. The van der Waals surface area contributed by atoms with E-state index in [0.29, 0.717) is 17.4 Å². The highest BCUT2D eigenvalue weighted by Gasteiger charge is 2.18. The molecule has 0 heterocycles. The van der Waals surface area contributed by atoms with Gasteiger partial charge in [0.05, 0.1) is 26.2 Å². The molecule has 6 heteroatoms. The van der Waals surface area contributed by atoms with Gasteiger partial charge in [-0.05, 0) is 37.1 Å². The molecule has 0 aliphatic carbocycles. The average molecular weight is 398 g/mol. The lowest BCUT2D eigenvalue weighted by molar-refractivity contribution is -0.123. The Labute approximate surface area is 173 Å². The number of amides is 2. The summed E-state index contributed by atoms with van der Waals surface area (Å²) in [4.78, 5) is 26.5. The Kier molecular flexibility index (Phi) is 8.68. The number of hydrogen-bond donors (Lipinski definition) is 2. The fourth-order valence-corrected chi connectivity index (χ4v) is 3.12. The molecular weight excluding hydrogens is 366 g/mol. The Morgan fingerprint density at radius 3 is 2.34 bits per heavy atom. The second-order valence-electron chi connectivity index (χ2n) is 7.61. The van der Waals surface area contributed by atoms with E-state index in [1.165, 1.54) is 0 Å². The van der Waals surface area contributed by atoms with Gasteiger partial charge in [0.15, 0.2) is 0 Å². The number of ether oxygens (including phenoxy) is 1. The van der Waals surface area contributed by atoms with Gasteiger partial charge in [-0.3, -0.25) is 14.5 Å². The fourth-order valence-electron chi connectivity index (χ4n) is 3.12. The van der Waals surface area contributed by atoms with Crippen LogP contribution in [0.25, 0.3) is 0 Å². The highest BCUT2D eigenvalue weighted by Crippen LogP contribution is 2.21. The molecule has 0 saturated carbocycles. The standard InChI is InChI=1S/C23H31N3O3/c1-17(2)13-21(18-9-6-5-7-10-18)25-23(28)16-26(3)15-22(27)24-19-11-8-12-20(14-19)29-4/h5-12,14,17,21H,13,15-16H2,1-4H3,(H,24,27)(H,25,28)/t21-/m0/s1. The van der Waals surface area contributed by atoms with E-state index in [2.05, 4.69) is 24.5 Å². The first-order chi connectivity index (χ1) is 13.9. The van der Waals surface area contributed by atoms with E-state index in [9.17, 15) is 9.59 Å². The molecule has 0 saturated heterocycles. The lowest BCUT2D eigenvalue weighted by atomic mass is 9.97. The smallest absolute Gasteiger partial charge is 0.238 e. The van der Waals surface area contributed by atoms with Crippen LogP contribution in [-0.4, -0.2) is 44.0 Å². The van der Waals surface area contributed by atoms with E-state index in [4.69, 9.17) is 4.74 Å². The third-order valence-electron chi connectivity index (χ3n) is 4.42. The molecule has 1 atom stereocenters. The minimum atomic E-state index is -0.185. The minimum absolute atomic E-state index is 0.0392. The van der Waals surface area contributed by atoms with Gasteiger partial charge in [-0.25, -0.2) is 0 Å². The summed E-state index contributed by atoms with van der Waals surface area (Å²) in [5, 5.41) is 5.93. The van der Waals surface area contributed by atoms with Gasteiger partial charge in [-0.2, -0.15) is 0 Å². The molecule has 2 N–H and O–H groups in total. The summed E-state index contributed by atoms with van der Waals surface area (Å²) in [5.41, 5.74) is 1.75. The quantitative estimate of drug-likeness (QED) is 0.644. The molecule has 0 bridgehead atoms. The lowest BCUT2D eigenvalue weighted by Crippen LogP contribution is -2.40. The SMILES string of the molecule is COc1cccc(NC(=O)CN(C)CC(=O)N[C@@H](CC(C)C)c2ccccc2)c1. The first-order valence-corrected chi connectivity index (χ1v) is 9.84. The molecule has 2 aromatic rings. The Morgan fingerprint density at radius 2 is 1.69 bits per heavy atom. The summed E-state index contributed by atoms with van der Waals surface area (Å²) in [6.45, 7) is 4.53. The van der Waals surface area contributed by atoms with Gasteiger partial charge < -0.3 is 15.4 Å². The van der Waals surface area contributed by atoms with Crippen molar-refractivity contribution >= 4 is 17.5 Å². The Balaban J connectivity index is 1.87.